The molecule has 0 heterocycles. The monoisotopic (exact) mass is 194 g/mol. The van der Waals surface area contributed by atoms with Gasteiger partial charge in [0.05, 0.1) is 0 Å². The number of hydrogen-bond donors (Lipinski definition) is 2. The van der Waals surface area contributed by atoms with Crippen molar-refractivity contribution in [2.75, 3.05) is 0 Å². The van der Waals surface area contributed by atoms with Gasteiger partial charge in [0.2, 0.25) is 0 Å². The summed E-state index contributed by atoms with van der Waals surface area (Å²) in [5, 5.41) is 17.6. The Bertz CT molecular complexity index is 307. The second-order valence-electron chi connectivity index (χ2n) is 3.27. The summed E-state index contributed by atoms with van der Waals surface area (Å²) in [7, 11) is 0. The van der Waals surface area contributed by atoms with Crippen LogP contribution in [0.25, 0.3) is 0 Å². The molecule has 1 rings (SSSR count). The Morgan fingerprint density at radius 3 is 2.71 bits per heavy atom. The highest BCUT2D eigenvalue weighted by Crippen LogP contribution is 2.13. The van der Waals surface area contributed by atoms with Crippen LogP contribution in [-0.4, -0.2) is 16.2 Å². The molecule has 14 heavy (non-hydrogen) atoms. The number of phenolic OH excluding ortho intramolecular Hbond substituents is 1. The molecule has 0 aliphatic rings. The topological polar surface area (TPSA) is 57.5 Å². The first-order valence-corrected chi connectivity index (χ1v) is 4.68. The number of benzene rings is 1. The van der Waals surface area contributed by atoms with Crippen molar-refractivity contribution in [2.45, 2.75) is 25.7 Å². The Morgan fingerprint density at radius 1 is 1.29 bits per heavy atom. The third-order valence-corrected chi connectivity index (χ3v) is 2.02. The number of carboxylic acids is 1. The molecule has 0 aliphatic carbocycles. The summed E-state index contributed by atoms with van der Waals surface area (Å²) >= 11 is 0. The molecule has 0 aromatic heterocycles. The summed E-state index contributed by atoms with van der Waals surface area (Å²) in [6, 6.07) is 7.06. The van der Waals surface area contributed by atoms with Crippen LogP contribution in [0.15, 0.2) is 24.3 Å². The van der Waals surface area contributed by atoms with Crippen LogP contribution in [0.5, 0.6) is 5.75 Å². The van der Waals surface area contributed by atoms with E-state index in [2.05, 4.69) is 0 Å². The van der Waals surface area contributed by atoms with Crippen molar-refractivity contribution >= 4 is 5.97 Å². The number of rotatable bonds is 5. The minimum absolute atomic E-state index is 0.221. The van der Waals surface area contributed by atoms with Crippen LogP contribution < -0.4 is 0 Å². The van der Waals surface area contributed by atoms with E-state index in [4.69, 9.17) is 10.2 Å². The minimum atomic E-state index is -0.749. The highest BCUT2D eigenvalue weighted by Gasteiger charge is 1.98. The zero-order valence-electron chi connectivity index (χ0n) is 7.94. The highest BCUT2D eigenvalue weighted by atomic mass is 16.4. The first-order chi connectivity index (χ1) is 6.68. The maximum absolute atomic E-state index is 10.2. The Labute approximate surface area is 83.0 Å². The predicted molar refractivity (Wildman–Crippen MR) is 53.3 cm³/mol. The SMILES string of the molecule is O=C(O)CCCCc1cccc(O)c1. The summed E-state index contributed by atoms with van der Waals surface area (Å²) in [6.07, 6.45) is 2.57. The summed E-state index contributed by atoms with van der Waals surface area (Å²) in [5.41, 5.74) is 1.05. The van der Waals surface area contributed by atoms with Crippen molar-refractivity contribution in [3.05, 3.63) is 29.8 Å². The third kappa shape index (κ3) is 3.94. The lowest BCUT2D eigenvalue weighted by Gasteiger charge is -2.00. The molecule has 76 valence electrons. The van der Waals surface area contributed by atoms with Crippen molar-refractivity contribution in [2.24, 2.45) is 0 Å². The lowest BCUT2D eigenvalue weighted by Crippen LogP contribution is -1.94. The molecule has 1 aromatic rings. The number of aliphatic carboxylic acids is 1. The van der Waals surface area contributed by atoms with Gasteiger partial charge in [-0.3, -0.25) is 4.79 Å². The van der Waals surface area contributed by atoms with Gasteiger partial charge in [0.15, 0.2) is 0 Å². The number of unbranched alkanes of at least 4 members (excludes halogenated alkanes) is 1. The zero-order chi connectivity index (χ0) is 10.4. The molecule has 2 N–H and O–H groups in total. The Hall–Kier alpha value is -1.51. The normalized spacial score (nSPS) is 10.0. The minimum Gasteiger partial charge on any atom is -0.508 e. The van der Waals surface area contributed by atoms with Crippen molar-refractivity contribution < 1.29 is 15.0 Å². The molecule has 0 fully saturated rings. The third-order valence-electron chi connectivity index (χ3n) is 2.02. The van der Waals surface area contributed by atoms with Crippen molar-refractivity contribution in [1.82, 2.24) is 0 Å². The zero-order valence-corrected chi connectivity index (χ0v) is 7.94. The van der Waals surface area contributed by atoms with E-state index in [9.17, 15) is 4.79 Å². The second-order valence-corrected chi connectivity index (χ2v) is 3.27. The lowest BCUT2D eigenvalue weighted by atomic mass is 10.1. The van der Waals surface area contributed by atoms with E-state index in [1.165, 1.54) is 0 Å². The molecule has 0 saturated carbocycles. The molecular formula is C11H14O3. The van der Waals surface area contributed by atoms with E-state index in [1.807, 2.05) is 6.07 Å². The van der Waals surface area contributed by atoms with E-state index in [0.29, 0.717) is 6.42 Å². The van der Waals surface area contributed by atoms with Gasteiger partial charge in [0, 0.05) is 6.42 Å². The molecule has 0 spiro atoms. The summed E-state index contributed by atoms with van der Waals surface area (Å²) in [5.74, 6) is -0.485. The largest absolute Gasteiger partial charge is 0.508 e. The molecule has 0 aliphatic heterocycles. The number of carbonyl (C=O) groups is 1. The number of aryl methyl sites for hydroxylation is 1. The van der Waals surface area contributed by atoms with Crippen molar-refractivity contribution in [3.8, 4) is 5.75 Å². The summed E-state index contributed by atoms with van der Waals surface area (Å²) in [6.45, 7) is 0. The van der Waals surface area contributed by atoms with Crippen molar-refractivity contribution in [1.29, 1.82) is 0 Å². The molecule has 0 amide bonds. The average molecular weight is 194 g/mol. The van der Waals surface area contributed by atoms with Crippen LogP contribution >= 0.6 is 0 Å². The van der Waals surface area contributed by atoms with E-state index < -0.39 is 5.97 Å². The van der Waals surface area contributed by atoms with Crippen LogP contribution in [0.2, 0.25) is 0 Å². The maximum atomic E-state index is 10.2. The maximum Gasteiger partial charge on any atom is 0.303 e. The Kier molecular flexibility index (Phi) is 3.98. The van der Waals surface area contributed by atoms with E-state index in [-0.39, 0.29) is 12.2 Å². The van der Waals surface area contributed by atoms with Gasteiger partial charge < -0.3 is 10.2 Å². The van der Waals surface area contributed by atoms with Crippen LogP contribution in [-0.2, 0) is 11.2 Å². The number of aromatic hydroxyl groups is 1. The van der Waals surface area contributed by atoms with Gasteiger partial charge in [-0.15, -0.1) is 0 Å². The molecule has 0 saturated heterocycles. The standard InChI is InChI=1S/C11H14O3/c12-10-6-3-5-9(8-10)4-1-2-7-11(13)14/h3,5-6,8,12H,1-2,4,7H2,(H,13,14). The van der Waals surface area contributed by atoms with E-state index >= 15 is 0 Å². The van der Waals surface area contributed by atoms with E-state index in [1.54, 1.807) is 18.2 Å². The second kappa shape index (κ2) is 5.27. The van der Waals surface area contributed by atoms with Gasteiger partial charge in [-0.2, -0.15) is 0 Å². The van der Waals surface area contributed by atoms with Gasteiger partial charge in [0.25, 0.3) is 0 Å². The fourth-order valence-corrected chi connectivity index (χ4v) is 1.32. The molecule has 0 bridgehead atoms. The van der Waals surface area contributed by atoms with E-state index in [0.717, 1.165) is 18.4 Å². The molecule has 3 nitrogen and oxygen atoms in total. The molecule has 3 heteroatoms. The molecular weight excluding hydrogens is 180 g/mol. The number of carboxylic acid groups (broad SMARTS) is 1. The average Bonchev–Trinajstić information content (AvgIpc) is 2.12. The Morgan fingerprint density at radius 2 is 2.07 bits per heavy atom. The van der Waals surface area contributed by atoms with Gasteiger partial charge in [-0.1, -0.05) is 12.1 Å². The highest BCUT2D eigenvalue weighted by molar-refractivity contribution is 5.66. The molecule has 1 aromatic carbocycles. The van der Waals surface area contributed by atoms with Gasteiger partial charge in [0.1, 0.15) is 5.75 Å². The first-order valence-electron chi connectivity index (χ1n) is 4.68. The van der Waals surface area contributed by atoms with Crippen LogP contribution in [0, 0.1) is 0 Å². The molecule has 0 atom stereocenters. The van der Waals surface area contributed by atoms with Crippen LogP contribution in [0.1, 0.15) is 24.8 Å². The van der Waals surface area contributed by atoms with Crippen molar-refractivity contribution in [3.63, 3.8) is 0 Å². The number of phenols is 1. The molecule has 0 radical (unpaired) electrons. The fraction of sp³-hybridized carbons (Fsp3) is 0.364. The summed E-state index contributed by atoms with van der Waals surface area (Å²) in [4.78, 5) is 10.2. The smallest absolute Gasteiger partial charge is 0.303 e. The van der Waals surface area contributed by atoms with Gasteiger partial charge >= 0.3 is 5.97 Å². The molecule has 0 unspecified atom stereocenters. The van der Waals surface area contributed by atoms with Gasteiger partial charge in [-0.25, -0.2) is 0 Å². The van der Waals surface area contributed by atoms with Crippen LogP contribution in [0.3, 0.4) is 0 Å². The lowest BCUT2D eigenvalue weighted by molar-refractivity contribution is -0.137. The first kappa shape index (κ1) is 10.6. The van der Waals surface area contributed by atoms with Gasteiger partial charge in [-0.05, 0) is 37.0 Å². The predicted octanol–water partition coefficient (Wildman–Crippen LogP) is 2.19. The fourth-order valence-electron chi connectivity index (χ4n) is 1.32. The summed E-state index contributed by atoms with van der Waals surface area (Å²) < 4.78 is 0. The van der Waals surface area contributed by atoms with Crippen LogP contribution in [0.4, 0.5) is 0 Å². The number of hydrogen-bond acceptors (Lipinski definition) is 2. The quantitative estimate of drug-likeness (QED) is 0.706. The Balaban J connectivity index is 2.28.